The average Bonchev–Trinajstić information content (AvgIpc) is 3.24. The van der Waals surface area contributed by atoms with Gasteiger partial charge in [0, 0.05) is 12.3 Å². The average molecular weight is 443 g/mol. The van der Waals surface area contributed by atoms with Gasteiger partial charge in [-0.25, -0.2) is 9.88 Å². The van der Waals surface area contributed by atoms with Gasteiger partial charge in [-0.15, -0.1) is 0 Å². The van der Waals surface area contributed by atoms with Crippen LogP contribution in [0.4, 0.5) is 0 Å². The van der Waals surface area contributed by atoms with E-state index in [9.17, 15) is 14.4 Å². The Morgan fingerprint density at radius 1 is 1.16 bits per heavy atom. The molecule has 1 fully saturated rings. The van der Waals surface area contributed by atoms with Crippen LogP contribution >= 0.6 is 8.53 Å². The van der Waals surface area contributed by atoms with Gasteiger partial charge in [0.05, 0.1) is 19.3 Å². The zero-order chi connectivity index (χ0) is 21.6. The van der Waals surface area contributed by atoms with E-state index in [2.05, 4.69) is 10.1 Å². The molecule has 2 heterocycles. The van der Waals surface area contributed by atoms with Crippen LogP contribution in [-0.4, -0.2) is 35.1 Å². The van der Waals surface area contributed by atoms with Crippen molar-refractivity contribution in [2.45, 2.75) is 25.2 Å². The van der Waals surface area contributed by atoms with Gasteiger partial charge in [0.25, 0.3) is 5.56 Å². The van der Waals surface area contributed by atoms with Crippen molar-refractivity contribution in [2.75, 3.05) is 13.2 Å². The summed E-state index contributed by atoms with van der Waals surface area (Å²) in [7, 11) is -1.57. The molecule has 1 aliphatic heterocycles. The molecule has 1 saturated heterocycles. The molecule has 3 aromatic rings. The number of ether oxygens (including phenoxy) is 1. The van der Waals surface area contributed by atoms with Crippen LogP contribution in [0.25, 0.3) is 10.8 Å². The lowest BCUT2D eigenvalue weighted by atomic mass is 10.1. The van der Waals surface area contributed by atoms with Crippen LogP contribution in [0, 0.1) is 0 Å². The van der Waals surface area contributed by atoms with Crippen LogP contribution in [0.5, 0.6) is 5.75 Å². The Morgan fingerprint density at radius 2 is 2.00 bits per heavy atom. The molecule has 2 aromatic carbocycles. The standard InChI is InChI=1S/C21H22N3O6P/c25-12-10-22-31(30-17-6-5-15-3-1-2-4-16(15)13-17)28-14-18-7-8-20(29-18)24-11-9-19(26)23-21(24)27/h1-6,9,11-13,18,20,22H,7-8,10,14H2,(H,23,26,27). The number of fused-ring (bicyclic) bond motifs is 1. The van der Waals surface area contributed by atoms with Gasteiger partial charge in [-0.3, -0.25) is 14.3 Å². The SMILES string of the molecule is O=CCNP(OCC1CCC(n2ccc(=O)[nH]c2=O)O1)Oc1ccc2ccccc2c1. The molecule has 0 spiro atoms. The highest BCUT2D eigenvalue weighted by Gasteiger charge is 2.28. The van der Waals surface area contributed by atoms with Crippen molar-refractivity contribution in [1.29, 1.82) is 0 Å². The third kappa shape index (κ3) is 5.45. The first kappa shape index (κ1) is 21.4. The summed E-state index contributed by atoms with van der Waals surface area (Å²) in [6.07, 6.45) is 2.76. The number of rotatable bonds is 9. The second-order valence-corrected chi connectivity index (χ2v) is 8.26. The molecular weight excluding hydrogens is 421 g/mol. The van der Waals surface area contributed by atoms with Gasteiger partial charge in [-0.2, -0.15) is 0 Å². The number of aldehydes is 1. The molecule has 1 aromatic heterocycles. The first-order valence-electron chi connectivity index (χ1n) is 9.86. The van der Waals surface area contributed by atoms with Gasteiger partial charge in [0.2, 0.25) is 0 Å². The lowest BCUT2D eigenvalue weighted by Gasteiger charge is -2.20. The van der Waals surface area contributed by atoms with Gasteiger partial charge in [-0.1, -0.05) is 30.3 Å². The molecule has 10 heteroatoms. The van der Waals surface area contributed by atoms with E-state index in [1.165, 1.54) is 16.8 Å². The molecule has 0 bridgehead atoms. The smallest absolute Gasteiger partial charge is 0.330 e. The van der Waals surface area contributed by atoms with Gasteiger partial charge < -0.3 is 18.6 Å². The Labute approximate surface area is 178 Å². The van der Waals surface area contributed by atoms with Crippen molar-refractivity contribution in [1.82, 2.24) is 14.6 Å². The summed E-state index contributed by atoms with van der Waals surface area (Å²) in [5, 5.41) is 5.09. The van der Waals surface area contributed by atoms with E-state index in [0.29, 0.717) is 18.6 Å². The number of hydrogen-bond donors (Lipinski definition) is 2. The summed E-state index contributed by atoms with van der Waals surface area (Å²) in [5.74, 6) is 0.633. The van der Waals surface area contributed by atoms with Crippen molar-refractivity contribution >= 4 is 25.6 Å². The van der Waals surface area contributed by atoms with E-state index >= 15 is 0 Å². The Hall–Kier alpha value is -2.84. The minimum absolute atomic E-state index is 0.0974. The van der Waals surface area contributed by atoms with Crippen molar-refractivity contribution in [3.8, 4) is 5.75 Å². The summed E-state index contributed by atoms with van der Waals surface area (Å²) in [6.45, 7) is 0.333. The number of hydrogen-bond acceptors (Lipinski definition) is 7. The number of nitrogens with zero attached hydrogens (tertiary/aromatic N) is 1. The van der Waals surface area contributed by atoms with Crippen molar-refractivity contribution in [3.05, 3.63) is 75.6 Å². The molecule has 0 radical (unpaired) electrons. The molecule has 1 aliphatic rings. The third-order valence-electron chi connectivity index (χ3n) is 4.84. The minimum atomic E-state index is -1.57. The number of H-pyrrole nitrogens is 1. The van der Waals surface area contributed by atoms with Crippen molar-refractivity contribution in [3.63, 3.8) is 0 Å². The molecule has 0 aliphatic carbocycles. The molecule has 3 unspecified atom stereocenters. The van der Waals surface area contributed by atoms with Crippen LogP contribution in [0.2, 0.25) is 0 Å². The maximum absolute atomic E-state index is 12.0. The normalized spacial score (nSPS) is 19.4. The molecule has 162 valence electrons. The predicted octanol–water partition coefficient (Wildman–Crippen LogP) is 2.48. The van der Waals surface area contributed by atoms with E-state index in [1.54, 1.807) is 0 Å². The van der Waals surface area contributed by atoms with Gasteiger partial charge in [0.15, 0.2) is 0 Å². The zero-order valence-corrected chi connectivity index (χ0v) is 17.5. The van der Waals surface area contributed by atoms with Crippen LogP contribution in [0.1, 0.15) is 19.1 Å². The molecule has 9 nitrogen and oxygen atoms in total. The maximum Gasteiger partial charge on any atom is 0.330 e. The fourth-order valence-electron chi connectivity index (χ4n) is 3.35. The number of aromatic nitrogens is 2. The Balaban J connectivity index is 1.37. The van der Waals surface area contributed by atoms with E-state index in [4.69, 9.17) is 13.8 Å². The van der Waals surface area contributed by atoms with Crippen LogP contribution in [0.15, 0.2) is 64.3 Å². The van der Waals surface area contributed by atoms with Crippen LogP contribution in [-0.2, 0) is 14.1 Å². The topological polar surface area (TPSA) is 112 Å². The lowest BCUT2D eigenvalue weighted by Crippen LogP contribution is -2.31. The minimum Gasteiger partial charge on any atom is -0.436 e. The summed E-state index contributed by atoms with van der Waals surface area (Å²) >= 11 is 0. The second-order valence-electron chi connectivity index (χ2n) is 6.99. The first-order chi connectivity index (χ1) is 15.1. The first-order valence-corrected chi connectivity index (χ1v) is 11.0. The number of benzene rings is 2. The van der Waals surface area contributed by atoms with Crippen molar-refractivity contribution in [2.24, 2.45) is 0 Å². The van der Waals surface area contributed by atoms with Gasteiger partial charge in [-0.05, 0) is 35.7 Å². The van der Waals surface area contributed by atoms with Gasteiger partial charge >= 0.3 is 14.2 Å². The molecular formula is C21H22N3O6P. The van der Waals surface area contributed by atoms with Crippen molar-refractivity contribution < 1.29 is 18.6 Å². The Morgan fingerprint density at radius 3 is 2.81 bits per heavy atom. The highest BCUT2D eigenvalue weighted by Crippen LogP contribution is 2.38. The summed E-state index contributed by atoms with van der Waals surface area (Å²) in [6, 6.07) is 15.0. The predicted molar refractivity (Wildman–Crippen MR) is 116 cm³/mol. The second kappa shape index (κ2) is 9.98. The molecule has 0 saturated carbocycles. The van der Waals surface area contributed by atoms with Crippen LogP contribution < -0.4 is 20.9 Å². The number of aromatic amines is 1. The van der Waals surface area contributed by atoms with E-state index in [0.717, 1.165) is 17.1 Å². The maximum atomic E-state index is 12.0. The molecule has 4 rings (SSSR count). The highest BCUT2D eigenvalue weighted by molar-refractivity contribution is 7.45. The van der Waals surface area contributed by atoms with E-state index < -0.39 is 26.0 Å². The zero-order valence-electron chi connectivity index (χ0n) is 16.6. The number of carbonyl (C=O) groups is 1. The van der Waals surface area contributed by atoms with Crippen LogP contribution in [0.3, 0.4) is 0 Å². The fraction of sp³-hybridized carbons (Fsp3) is 0.286. The molecule has 3 atom stereocenters. The highest BCUT2D eigenvalue weighted by atomic mass is 31.2. The number of carbonyl (C=O) groups excluding carboxylic acids is 1. The number of nitrogens with one attached hydrogen (secondary N) is 2. The molecule has 2 N–H and O–H groups in total. The fourth-order valence-corrected chi connectivity index (χ4v) is 4.39. The largest absolute Gasteiger partial charge is 0.436 e. The Kier molecular flexibility index (Phi) is 6.89. The van der Waals surface area contributed by atoms with E-state index in [1.807, 2.05) is 42.5 Å². The lowest BCUT2D eigenvalue weighted by molar-refractivity contribution is -0.106. The summed E-state index contributed by atoms with van der Waals surface area (Å²) < 4.78 is 19.1. The Bertz CT molecular complexity index is 1160. The van der Waals surface area contributed by atoms with Gasteiger partial charge in [0.1, 0.15) is 18.3 Å². The summed E-state index contributed by atoms with van der Waals surface area (Å²) in [5.41, 5.74) is -0.953. The molecule has 0 amide bonds. The molecule has 31 heavy (non-hydrogen) atoms. The quantitative estimate of drug-likeness (QED) is 0.386. The third-order valence-corrected chi connectivity index (χ3v) is 6.04. The van der Waals surface area contributed by atoms with E-state index in [-0.39, 0.29) is 19.3 Å². The monoisotopic (exact) mass is 443 g/mol. The summed E-state index contributed by atoms with van der Waals surface area (Å²) in [4.78, 5) is 36.2.